The number of amides is 1. The van der Waals surface area contributed by atoms with Crippen LogP contribution < -0.4 is 10.1 Å². The molecule has 0 saturated carbocycles. The van der Waals surface area contributed by atoms with Crippen molar-refractivity contribution in [2.45, 2.75) is 32.6 Å². The average molecular weight is 352 g/mol. The van der Waals surface area contributed by atoms with E-state index in [9.17, 15) is 9.18 Å². The predicted octanol–water partition coefficient (Wildman–Crippen LogP) is 3.97. The van der Waals surface area contributed by atoms with Crippen LogP contribution in [0.3, 0.4) is 0 Å². The molecule has 0 saturated heterocycles. The monoisotopic (exact) mass is 351 g/mol. The van der Waals surface area contributed by atoms with Gasteiger partial charge in [-0.3, -0.25) is 4.79 Å². The van der Waals surface area contributed by atoms with Crippen LogP contribution in [0.5, 0.6) is 5.75 Å². The number of nitrogens with one attached hydrogen (secondary N) is 1. The van der Waals surface area contributed by atoms with Crippen molar-refractivity contribution >= 4 is 23.2 Å². The molecular weight excluding hydrogens is 333 g/mol. The molecule has 0 aliphatic carbocycles. The Morgan fingerprint density at radius 2 is 1.96 bits per heavy atom. The molecule has 0 fully saturated rings. The van der Waals surface area contributed by atoms with Crippen molar-refractivity contribution in [3.63, 3.8) is 0 Å². The van der Waals surface area contributed by atoms with E-state index in [0.717, 1.165) is 6.07 Å². The molecule has 7 heteroatoms. The molecule has 0 atom stereocenters. The van der Waals surface area contributed by atoms with Gasteiger partial charge in [-0.1, -0.05) is 32.4 Å². The molecule has 1 amide bonds. The number of hydrogen-bond acceptors (Lipinski definition) is 4. The van der Waals surface area contributed by atoms with E-state index in [-0.39, 0.29) is 29.4 Å². The highest BCUT2D eigenvalue weighted by molar-refractivity contribution is 6.32. The minimum atomic E-state index is -0.441. The smallest absolute Gasteiger partial charge is 0.227 e. The zero-order valence-electron chi connectivity index (χ0n) is 13.8. The lowest BCUT2D eigenvalue weighted by Crippen LogP contribution is -2.18. The van der Waals surface area contributed by atoms with E-state index in [1.54, 1.807) is 12.4 Å². The van der Waals surface area contributed by atoms with Gasteiger partial charge in [-0.15, -0.1) is 0 Å². The SMILES string of the molecule is CC(C)(C)c1ncc(NC(=O)CCOc2ccc(F)cc2Cl)cn1. The Morgan fingerprint density at radius 3 is 2.54 bits per heavy atom. The standard InChI is InChI=1S/C17H19ClFN3O2/c1-17(2,3)16-20-9-12(10-21-16)22-15(23)6-7-24-14-5-4-11(19)8-13(14)18/h4-5,8-10H,6-7H2,1-3H3,(H,22,23). The molecule has 0 aliphatic rings. The van der Waals surface area contributed by atoms with Gasteiger partial charge in [0.05, 0.1) is 36.1 Å². The Labute approximate surface area is 145 Å². The summed E-state index contributed by atoms with van der Waals surface area (Å²) in [7, 11) is 0. The minimum absolute atomic E-state index is 0.120. The summed E-state index contributed by atoms with van der Waals surface area (Å²) in [4.78, 5) is 20.4. The number of carbonyl (C=O) groups is 1. The Kier molecular flexibility index (Phi) is 5.72. The summed E-state index contributed by atoms with van der Waals surface area (Å²) in [5, 5.41) is 2.86. The van der Waals surface area contributed by atoms with E-state index in [1.807, 2.05) is 20.8 Å². The average Bonchev–Trinajstić information content (AvgIpc) is 2.49. The highest BCUT2D eigenvalue weighted by Crippen LogP contribution is 2.25. The van der Waals surface area contributed by atoms with E-state index in [0.29, 0.717) is 17.3 Å². The summed E-state index contributed by atoms with van der Waals surface area (Å²) < 4.78 is 18.3. The molecule has 1 N–H and O–H groups in total. The third-order valence-corrected chi connectivity index (χ3v) is 3.38. The number of nitrogens with zero attached hydrogens (tertiary/aromatic N) is 2. The van der Waals surface area contributed by atoms with Crippen LogP contribution in [0.15, 0.2) is 30.6 Å². The first-order valence-electron chi connectivity index (χ1n) is 7.46. The van der Waals surface area contributed by atoms with Crippen molar-refractivity contribution in [3.05, 3.63) is 47.3 Å². The summed E-state index contributed by atoms with van der Waals surface area (Å²) in [5.41, 5.74) is 0.373. The molecule has 24 heavy (non-hydrogen) atoms. The fourth-order valence-electron chi connectivity index (χ4n) is 1.85. The molecule has 0 bridgehead atoms. The van der Waals surface area contributed by atoms with Crippen molar-refractivity contribution < 1.29 is 13.9 Å². The van der Waals surface area contributed by atoms with Crippen molar-refractivity contribution in [1.29, 1.82) is 0 Å². The molecule has 2 rings (SSSR count). The number of aromatic nitrogens is 2. The van der Waals surface area contributed by atoms with Crippen molar-refractivity contribution in [1.82, 2.24) is 9.97 Å². The van der Waals surface area contributed by atoms with Gasteiger partial charge in [0.25, 0.3) is 0 Å². The molecule has 1 aromatic heterocycles. The van der Waals surface area contributed by atoms with Gasteiger partial charge in [-0.25, -0.2) is 14.4 Å². The van der Waals surface area contributed by atoms with Crippen LogP contribution in [0.25, 0.3) is 0 Å². The van der Waals surface area contributed by atoms with Crippen LogP contribution in [0.1, 0.15) is 33.0 Å². The fourth-order valence-corrected chi connectivity index (χ4v) is 2.07. The number of anilines is 1. The summed E-state index contributed by atoms with van der Waals surface area (Å²) >= 11 is 5.84. The van der Waals surface area contributed by atoms with E-state index < -0.39 is 5.82 Å². The highest BCUT2D eigenvalue weighted by Gasteiger charge is 2.16. The third-order valence-electron chi connectivity index (χ3n) is 3.09. The molecule has 1 aromatic carbocycles. The lowest BCUT2D eigenvalue weighted by Gasteiger charge is -2.16. The van der Waals surface area contributed by atoms with E-state index >= 15 is 0 Å². The maximum atomic E-state index is 12.9. The lowest BCUT2D eigenvalue weighted by molar-refractivity contribution is -0.116. The summed E-state index contributed by atoms with van der Waals surface area (Å²) in [6.45, 7) is 6.16. The number of carbonyl (C=O) groups excluding carboxylic acids is 1. The van der Waals surface area contributed by atoms with Gasteiger partial charge in [0, 0.05) is 5.41 Å². The maximum absolute atomic E-state index is 12.9. The number of ether oxygens (including phenoxy) is 1. The van der Waals surface area contributed by atoms with E-state index in [1.165, 1.54) is 12.1 Å². The van der Waals surface area contributed by atoms with E-state index in [2.05, 4.69) is 15.3 Å². The molecule has 1 heterocycles. The Morgan fingerprint density at radius 1 is 1.29 bits per heavy atom. The maximum Gasteiger partial charge on any atom is 0.227 e. The zero-order valence-corrected chi connectivity index (χ0v) is 14.5. The van der Waals surface area contributed by atoms with Crippen LogP contribution >= 0.6 is 11.6 Å². The normalized spacial score (nSPS) is 11.2. The largest absolute Gasteiger partial charge is 0.491 e. The Hall–Kier alpha value is -2.21. The third kappa shape index (κ3) is 5.16. The molecule has 0 aliphatic heterocycles. The van der Waals surface area contributed by atoms with Crippen LogP contribution in [0, 0.1) is 5.82 Å². The second-order valence-corrected chi connectivity index (χ2v) is 6.67. The van der Waals surface area contributed by atoms with Crippen LogP contribution in [-0.2, 0) is 10.2 Å². The van der Waals surface area contributed by atoms with Gasteiger partial charge in [-0.2, -0.15) is 0 Å². The molecule has 0 radical (unpaired) electrons. The Balaban J connectivity index is 1.83. The second-order valence-electron chi connectivity index (χ2n) is 6.27. The van der Waals surface area contributed by atoms with Crippen molar-refractivity contribution in [3.8, 4) is 5.75 Å². The molecule has 0 unspecified atom stereocenters. The van der Waals surface area contributed by atoms with Gasteiger partial charge < -0.3 is 10.1 Å². The lowest BCUT2D eigenvalue weighted by atomic mass is 9.96. The molecule has 2 aromatic rings. The molecular formula is C17H19ClFN3O2. The first-order chi connectivity index (χ1) is 11.3. The first-order valence-corrected chi connectivity index (χ1v) is 7.84. The van der Waals surface area contributed by atoms with E-state index in [4.69, 9.17) is 16.3 Å². The molecule has 0 spiro atoms. The number of halogens is 2. The summed E-state index contributed by atoms with van der Waals surface area (Å²) in [5.74, 6) is 0.364. The van der Waals surface area contributed by atoms with Gasteiger partial charge in [-0.05, 0) is 18.2 Å². The zero-order chi connectivity index (χ0) is 17.7. The van der Waals surface area contributed by atoms with Gasteiger partial charge in [0.2, 0.25) is 5.91 Å². The second kappa shape index (κ2) is 7.57. The summed E-state index contributed by atoms with van der Waals surface area (Å²) in [6, 6.07) is 3.83. The van der Waals surface area contributed by atoms with Crippen LogP contribution in [-0.4, -0.2) is 22.5 Å². The van der Waals surface area contributed by atoms with Gasteiger partial charge in [0.1, 0.15) is 17.4 Å². The van der Waals surface area contributed by atoms with Crippen LogP contribution in [0.2, 0.25) is 5.02 Å². The minimum Gasteiger partial charge on any atom is -0.491 e. The molecule has 5 nitrogen and oxygen atoms in total. The first kappa shape index (κ1) is 18.1. The highest BCUT2D eigenvalue weighted by atomic mass is 35.5. The number of hydrogen-bond donors (Lipinski definition) is 1. The van der Waals surface area contributed by atoms with Gasteiger partial charge in [0.15, 0.2) is 0 Å². The predicted molar refractivity (Wildman–Crippen MR) is 90.9 cm³/mol. The molecule has 128 valence electrons. The summed E-state index contributed by atoms with van der Waals surface area (Å²) in [6.07, 6.45) is 3.26. The Bertz CT molecular complexity index is 715. The topological polar surface area (TPSA) is 64.1 Å². The number of rotatable bonds is 5. The van der Waals surface area contributed by atoms with Crippen molar-refractivity contribution in [2.75, 3.05) is 11.9 Å². The van der Waals surface area contributed by atoms with Gasteiger partial charge >= 0.3 is 0 Å². The van der Waals surface area contributed by atoms with Crippen LogP contribution in [0.4, 0.5) is 10.1 Å². The number of benzene rings is 1. The fraction of sp³-hybridized carbons (Fsp3) is 0.353. The quantitative estimate of drug-likeness (QED) is 0.885. The van der Waals surface area contributed by atoms with Crippen molar-refractivity contribution in [2.24, 2.45) is 0 Å².